The summed E-state index contributed by atoms with van der Waals surface area (Å²) in [5.41, 5.74) is 10.6. The van der Waals surface area contributed by atoms with Gasteiger partial charge in [-0.15, -0.1) is 29.3 Å². The minimum absolute atomic E-state index is 0. The predicted octanol–water partition coefficient (Wildman–Crippen LogP) is 18.6. The number of pyridine rings is 1. The van der Waals surface area contributed by atoms with Crippen LogP contribution < -0.4 is 0 Å². The molecule has 0 fully saturated rings. The van der Waals surface area contributed by atoms with E-state index in [9.17, 15) is 9.22 Å². The van der Waals surface area contributed by atoms with Crippen molar-refractivity contribution in [2.24, 2.45) is 0 Å². The van der Waals surface area contributed by atoms with E-state index < -0.39 is 30.4 Å². The van der Waals surface area contributed by atoms with Crippen molar-refractivity contribution in [2.75, 3.05) is 0 Å². The second-order valence-corrected chi connectivity index (χ2v) is 23.2. The van der Waals surface area contributed by atoms with Crippen LogP contribution in [0.3, 0.4) is 0 Å². The molecule has 0 aliphatic heterocycles. The topological polar surface area (TPSA) is 50.9 Å². The second kappa shape index (κ2) is 20.4. The maximum atomic E-state index is 12.7. The number of fused-ring (bicyclic) bond motifs is 1. The Balaban J connectivity index is 0.00000924. The molecule has 2 aromatic heterocycles. The first kappa shape index (κ1) is 44.0. The van der Waals surface area contributed by atoms with Gasteiger partial charge in [-0.1, -0.05) is 194 Å². The normalized spacial score (nSPS) is 14.4. The van der Waals surface area contributed by atoms with Crippen molar-refractivity contribution in [2.45, 2.75) is 163 Å². The average Bonchev–Trinajstić information content (AvgIpc) is 3.80. The fraction of sp³-hybridized carbons (Fsp3) is 0.373. The molecule has 72 heavy (non-hydrogen) atoms. The number of phenolic OH excluding ortho intramolecular Hbond substituents is 1. The van der Waals surface area contributed by atoms with Crippen LogP contribution in [0.5, 0.6) is 5.75 Å². The number of nitrogens with zero attached hydrogens (tertiary/aromatic N) is 3. The number of benzene rings is 6. The average molecular weight is 1140 g/mol. The number of imidazole rings is 1. The SMILES string of the molecule is [2H]c1c([2H])c([2H])c(-c2ccnc(-c3[c-]c(-c4cccc5c4nc(-c4cc(C(C)(C)C)cc(C(C)(C)C)c4O)n5-c4ccc(-c5c(C(C)(CC)CC)cccc5C(C)(CC)CC)cc4C([2H])([2H])[2H])cc(C(C)(C)C)c3)c2)c([2H])c1[2H].[Pt]. The van der Waals surface area contributed by atoms with Gasteiger partial charge in [0.05, 0.1) is 29.1 Å². The number of para-hydroxylation sites is 1. The third-order valence-corrected chi connectivity index (χ3v) is 15.6. The van der Waals surface area contributed by atoms with E-state index in [1.54, 1.807) is 18.3 Å². The molecule has 0 aliphatic rings. The summed E-state index contributed by atoms with van der Waals surface area (Å²) < 4.78 is 72.7. The Hall–Kier alpha value is -5.57. The Morgan fingerprint density at radius 1 is 0.597 bits per heavy atom. The van der Waals surface area contributed by atoms with Crippen LogP contribution in [-0.4, -0.2) is 19.6 Å². The number of phenols is 1. The monoisotopic (exact) mass is 1140 g/mol. The van der Waals surface area contributed by atoms with E-state index in [1.165, 1.54) is 11.1 Å². The molecule has 8 aromatic rings. The number of hydrogen-bond donors (Lipinski definition) is 1. The van der Waals surface area contributed by atoms with Gasteiger partial charge < -0.3 is 5.11 Å². The van der Waals surface area contributed by atoms with Crippen LogP contribution in [0.4, 0.5) is 0 Å². The maximum absolute atomic E-state index is 12.7. The number of hydrogen-bond acceptors (Lipinski definition) is 3. The van der Waals surface area contributed by atoms with Gasteiger partial charge in [0, 0.05) is 42.6 Å². The maximum Gasteiger partial charge on any atom is 0.148 e. The van der Waals surface area contributed by atoms with Gasteiger partial charge in [0.15, 0.2) is 0 Å². The van der Waals surface area contributed by atoms with E-state index >= 15 is 0 Å². The third-order valence-electron chi connectivity index (χ3n) is 15.6. The summed E-state index contributed by atoms with van der Waals surface area (Å²) in [5.74, 6) is 0.444. The van der Waals surface area contributed by atoms with Gasteiger partial charge in [0.2, 0.25) is 0 Å². The van der Waals surface area contributed by atoms with Crippen LogP contribution in [0.1, 0.15) is 174 Å². The van der Waals surface area contributed by atoms with Crippen molar-refractivity contribution in [3.05, 3.63) is 167 Å². The van der Waals surface area contributed by atoms with Gasteiger partial charge in [-0.2, -0.15) is 0 Å². The van der Waals surface area contributed by atoms with Crippen LogP contribution in [0.15, 0.2) is 127 Å². The molecule has 5 heteroatoms. The van der Waals surface area contributed by atoms with Crippen molar-refractivity contribution in [3.8, 4) is 67.5 Å². The van der Waals surface area contributed by atoms with Crippen LogP contribution in [0.2, 0.25) is 0 Å². The molecule has 0 aliphatic carbocycles. The molecule has 2 heterocycles. The molecule has 0 bridgehead atoms. The van der Waals surface area contributed by atoms with Gasteiger partial charge in [-0.25, -0.2) is 4.98 Å². The summed E-state index contributed by atoms with van der Waals surface area (Å²) in [5, 5.41) is 12.7. The quantitative estimate of drug-likeness (QED) is 0.124. The molecule has 0 spiro atoms. The van der Waals surface area contributed by atoms with E-state index in [4.69, 9.17) is 16.8 Å². The molecule has 1 N–H and O–H groups in total. The Morgan fingerprint density at radius 2 is 1.19 bits per heavy atom. The largest absolute Gasteiger partial charge is 0.507 e. The van der Waals surface area contributed by atoms with Crippen molar-refractivity contribution in [3.63, 3.8) is 0 Å². The Kier molecular flexibility index (Phi) is 12.4. The Morgan fingerprint density at radius 3 is 1.78 bits per heavy atom. The molecular weight excluding hydrogens is 1060 g/mol. The first-order chi connectivity index (χ1) is 36.7. The second-order valence-electron chi connectivity index (χ2n) is 23.2. The van der Waals surface area contributed by atoms with E-state index in [0.717, 1.165) is 53.5 Å². The first-order valence-electron chi connectivity index (χ1n) is 29.6. The van der Waals surface area contributed by atoms with Crippen LogP contribution in [0.25, 0.3) is 72.7 Å². The van der Waals surface area contributed by atoms with Crippen molar-refractivity contribution >= 4 is 11.0 Å². The molecule has 0 amide bonds. The molecule has 4 nitrogen and oxygen atoms in total. The fourth-order valence-corrected chi connectivity index (χ4v) is 9.98. The zero-order valence-electron chi connectivity index (χ0n) is 53.2. The molecule has 0 radical (unpaired) electrons. The van der Waals surface area contributed by atoms with Gasteiger partial charge in [0.25, 0.3) is 0 Å². The van der Waals surface area contributed by atoms with Crippen molar-refractivity contribution < 1.29 is 37.1 Å². The fourth-order valence-electron chi connectivity index (χ4n) is 9.98. The summed E-state index contributed by atoms with van der Waals surface area (Å²) in [6, 6.07) is 31.7. The van der Waals surface area contributed by atoms with E-state index in [2.05, 4.69) is 146 Å². The molecule has 0 atom stereocenters. The van der Waals surface area contributed by atoms with Gasteiger partial charge in [-0.05, 0) is 134 Å². The number of aryl methyl sites for hydroxylation is 1. The summed E-state index contributed by atoms with van der Waals surface area (Å²) in [6.07, 6.45) is 5.20. The Bertz CT molecular complexity index is 3590. The first-order valence-corrected chi connectivity index (χ1v) is 25.6. The standard InChI is InChI=1S/C67H78N3O.Pt/c1-17-66(15,18-2)53-29-25-30-54(67(16,19-3)20-4)59(53)46-32-33-57(43(5)36-46)70-58-31-24-28-51(60(58)69-62(70)52-41-50(64(9,10)11)42-55(61(52)71)65(12,13)14)47-37-48(39-49(38-47)63(6,7)8)56-40-45(34-35-68-56)44-26-22-21-23-27-44;/h21-36,38-42,71H,17-20H2,1-16H3;/q-1;/i5D3,21D,22D,23D,26D,27D;. The Labute approximate surface area is 458 Å². The molecule has 6 aromatic carbocycles. The van der Waals surface area contributed by atoms with Gasteiger partial charge in [-0.3, -0.25) is 9.55 Å². The number of aromatic hydroxyl groups is 1. The van der Waals surface area contributed by atoms with Crippen LogP contribution in [-0.2, 0) is 48.1 Å². The third kappa shape index (κ3) is 10.2. The zero-order valence-corrected chi connectivity index (χ0v) is 47.4. The molecule has 378 valence electrons. The summed E-state index contributed by atoms with van der Waals surface area (Å²) in [7, 11) is 0. The zero-order chi connectivity index (χ0) is 58.3. The van der Waals surface area contributed by atoms with E-state index in [-0.39, 0.29) is 71.7 Å². The predicted molar refractivity (Wildman–Crippen MR) is 303 cm³/mol. The molecule has 0 unspecified atom stereocenters. The number of aromatic nitrogens is 3. The van der Waals surface area contributed by atoms with Crippen molar-refractivity contribution in [1.29, 1.82) is 0 Å². The summed E-state index contributed by atoms with van der Waals surface area (Å²) in [4.78, 5) is 10.3. The van der Waals surface area contributed by atoms with Gasteiger partial charge >= 0.3 is 0 Å². The number of rotatable bonds is 12. The molecule has 8 rings (SSSR count). The summed E-state index contributed by atoms with van der Waals surface area (Å²) >= 11 is 0. The van der Waals surface area contributed by atoms with E-state index in [0.29, 0.717) is 56.1 Å². The van der Waals surface area contributed by atoms with Crippen LogP contribution >= 0.6 is 0 Å². The molecule has 0 saturated heterocycles. The molecule has 0 saturated carbocycles. The van der Waals surface area contributed by atoms with Crippen molar-refractivity contribution in [1.82, 2.24) is 14.5 Å². The smallest absolute Gasteiger partial charge is 0.148 e. The van der Waals surface area contributed by atoms with Gasteiger partial charge in [0.1, 0.15) is 11.6 Å². The summed E-state index contributed by atoms with van der Waals surface area (Å²) in [6.45, 7) is 29.9. The van der Waals surface area contributed by atoms with E-state index in [1.807, 2.05) is 47.0 Å². The van der Waals surface area contributed by atoms with Crippen LogP contribution in [0, 0.1) is 12.9 Å². The minimum atomic E-state index is -2.60. The molecular formula is C67H78N3OPt-. The minimum Gasteiger partial charge on any atom is -0.507 e.